The Hall–Kier alpha value is -1.72. The molecule has 0 aliphatic carbocycles. The molecule has 0 fully saturated rings. The zero-order valence-electron chi connectivity index (χ0n) is 8.64. The van der Waals surface area contributed by atoms with Crippen molar-refractivity contribution < 1.29 is 27.4 Å². The number of methoxy groups -OCH3 is 1. The average molecular weight is 234 g/mol. The molecule has 16 heavy (non-hydrogen) atoms. The minimum Gasteiger partial charge on any atom is -0.493 e. The van der Waals surface area contributed by atoms with Gasteiger partial charge in [0.05, 0.1) is 13.7 Å². The second-order valence-electron chi connectivity index (χ2n) is 2.78. The summed E-state index contributed by atoms with van der Waals surface area (Å²) in [5, 5.41) is 0. The highest BCUT2D eigenvalue weighted by atomic mass is 19.2. The standard InChI is InChI=1S/C10H9F3O3/c1-3-16-10(14)7-8(13)5(11)4-6(12)9(7)15-2/h4H,3H2,1-2H3. The second-order valence-corrected chi connectivity index (χ2v) is 2.78. The van der Waals surface area contributed by atoms with Crippen LogP contribution < -0.4 is 4.74 Å². The summed E-state index contributed by atoms with van der Waals surface area (Å²) >= 11 is 0. The summed E-state index contributed by atoms with van der Waals surface area (Å²) in [6.07, 6.45) is 0. The van der Waals surface area contributed by atoms with Crippen LogP contribution in [0, 0.1) is 17.5 Å². The van der Waals surface area contributed by atoms with Crippen molar-refractivity contribution in [2.24, 2.45) is 0 Å². The molecule has 0 unspecified atom stereocenters. The van der Waals surface area contributed by atoms with Crippen LogP contribution in [0.2, 0.25) is 0 Å². The number of halogens is 3. The van der Waals surface area contributed by atoms with Gasteiger partial charge in [-0.3, -0.25) is 0 Å². The Balaban J connectivity index is 3.38. The molecule has 0 saturated carbocycles. The van der Waals surface area contributed by atoms with Gasteiger partial charge in [0, 0.05) is 6.07 Å². The maximum Gasteiger partial charge on any atom is 0.345 e. The van der Waals surface area contributed by atoms with E-state index in [0.717, 1.165) is 7.11 Å². The normalized spacial score (nSPS) is 10.1. The van der Waals surface area contributed by atoms with Crippen LogP contribution in [0.1, 0.15) is 17.3 Å². The minimum absolute atomic E-state index is 0.0421. The number of rotatable bonds is 3. The highest BCUT2D eigenvalue weighted by molar-refractivity contribution is 5.93. The molecule has 0 aliphatic rings. The molecule has 0 aromatic heterocycles. The third-order valence-corrected chi connectivity index (χ3v) is 1.81. The van der Waals surface area contributed by atoms with E-state index in [1.165, 1.54) is 6.92 Å². The van der Waals surface area contributed by atoms with E-state index in [0.29, 0.717) is 6.07 Å². The molecule has 0 spiro atoms. The molecule has 0 heterocycles. The van der Waals surface area contributed by atoms with Crippen molar-refractivity contribution in [2.45, 2.75) is 6.92 Å². The lowest BCUT2D eigenvalue weighted by atomic mass is 10.1. The lowest BCUT2D eigenvalue weighted by Crippen LogP contribution is -2.12. The highest BCUT2D eigenvalue weighted by Crippen LogP contribution is 2.28. The largest absolute Gasteiger partial charge is 0.493 e. The molecule has 88 valence electrons. The van der Waals surface area contributed by atoms with Crippen molar-refractivity contribution in [1.29, 1.82) is 0 Å². The number of carbonyl (C=O) groups is 1. The van der Waals surface area contributed by atoms with Gasteiger partial charge in [-0.15, -0.1) is 0 Å². The van der Waals surface area contributed by atoms with E-state index in [4.69, 9.17) is 0 Å². The van der Waals surface area contributed by atoms with Gasteiger partial charge in [0.2, 0.25) is 0 Å². The fourth-order valence-corrected chi connectivity index (χ4v) is 1.16. The van der Waals surface area contributed by atoms with Crippen LogP contribution in [-0.2, 0) is 4.74 Å². The summed E-state index contributed by atoms with van der Waals surface area (Å²) in [5.74, 6) is -5.96. The maximum atomic E-state index is 13.3. The van der Waals surface area contributed by atoms with Crippen LogP contribution >= 0.6 is 0 Å². The van der Waals surface area contributed by atoms with Crippen LogP contribution in [0.4, 0.5) is 13.2 Å². The maximum absolute atomic E-state index is 13.3. The van der Waals surface area contributed by atoms with Crippen molar-refractivity contribution >= 4 is 5.97 Å². The van der Waals surface area contributed by atoms with Gasteiger partial charge in [0.15, 0.2) is 23.2 Å². The lowest BCUT2D eigenvalue weighted by Gasteiger charge is -2.10. The van der Waals surface area contributed by atoms with Crippen molar-refractivity contribution in [2.75, 3.05) is 13.7 Å². The van der Waals surface area contributed by atoms with Crippen LogP contribution in [0.15, 0.2) is 6.07 Å². The first-order valence-corrected chi connectivity index (χ1v) is 4.41. The highest BCUT2D eigenvalue weighted by Gasteiger charge is 2.26. The molecular formula is C10H9F3O3. The van der Waals surface area contributed by atoms with Crippen LogP contribution in [0.3, 0.4) is 0 Å². The minimum atomic E-state index is -1.49. The second kappa shape index (κ2) is 4.87. The number of hydrogen-bond donors (Lipinski definition) is 0. The number of ether oxygens (including phenoxy) is 2. The third kappa shape index (κ3) is 2.10. The van der Waals surface area contributed by atoms with Crippen LogP contribution in [0.25, 0.3) is 0 Å². The Morgan fingerprint density at radius 1 is 1.31 bits per heavy atom. The number of esters is 1. The van der Waals surface area contributed by atoms with Crippen molar-refractivity contribution in [3.05, 3.63) is 29.1 Å². The Morgan fingerprint density at radius 3 is 2.44 bits per heavy atom. The summed E-state index contributed by atoms with van der Waals surface area (Å²) in [6.45, 7) is 1.44. The summed E-state index contributed by atoms with van der Waals surface area (Å²) < 4.78 is 48.3. The van der Waals surface area contributed by atoms with Crippen molar-refractivity contribution in [1.82, 2.24) is 0 Å². The summed E-state index contributed by atoms with van der Waals surface area (Å²) in [5.41, 5.74) is -0.873. The SMILES string of the molecule is CCOC(=O)c1c(F)c(F)cc(F)c1OC. The number of benzene rings is 1. The molecule has 0 radical (unpaired) electrons. The first-order chi connectivity index (χ1) is 7.52. The molecule has 0 saturated heterocycles. The molecule has 1 aromatic rings. The molecule has 1 aromatic carbocycles. The van der Waals surface area contributed by atoms with Crippen LogP contribution in [-0.4, -0.2) is 19.7 Å². The van der Waals surface area contributed by atoms with Crippen LogP contribution in [0.5, 0.6) is 5.75 Å². The summed E-state index contributed by atoms with van der Waals surface area (Å²) in [6, 6.07) is 0.302. The fourth-order valence-electron chi connectivity index (χ4n) is 1.16. The van der Waals surface area contributed by atoms with E-state index in [9.17, 15) is 18.0 Å². The first-order valence-electron chi connectivity index (χ1n) is 4.41. The Labute approximate surface area is 89.8 Å². The molecule has 1 rings (SSSR count). The van der Waals surface area contributed by atoms with E-state index in [1.807, 2.05) is 0 Å². The Bertz CT molecular complexity index is 418. The Kier molecular flexibility index (Phi) is 3.76. The van der Waals surface area contributed by atoms with Gasteiger partial charge in [-0.2, -0.15) is 0 Å². The fraction of sp³-hybridized carbons (Fsp3) is 0.300. The molecule has 0 amide bonds. The molecule has 0 N–H and O–H groups in total. The molecule has 3 nitrogen and oxygen atoms in total. The quantitative estimate of drug-likeness (QED) is 0.594. The lowest BCUT2D eigenvalue weighted by molar-refractivity contribution is 0.0514. The first kappa shape index (κ1) is 12.4. The van der Waals surface area contributed by atoms with Crippen molar-refractivity contribution in [3.63, 3.8) is 0 Å². The molecule has 0 bridgehead atoms. The van der Waals surface area contributed by atoms with Gasteiger partial charge in [-0.1, -0.05) is 0 Å². The summed E-state index contributed by atoms with van der Waals surface area (Å²) in [4.78, 5) is 11.3. The topological polar surface area (TPSA) is 35.5 Å². The van der Waals surface area contributed by atoms with Crippen molar-refractivity contribution in [3.8, 4) is 5.75 Å². The van der Waals surface area contributed by atoms with Gasteiger partial charge in [0.25, 0.3) is 0 Å². The zero-order valence-corrected chi connectivity index (χ0v) is 8.64. The van der Waals surface area contributed by atoms with Gasteiger partial charge in [0.1, 0.15) is 5.56 Å². The van der Waals surface area contributed by atoms with E-state index in [1.54, 1.807) is 0 Å². The van der Waals surface area contributed by atoms with Gasteiger partial charge in [-0.05, 0) is 6.92 Å². The predicted molar refractivity (Wildman–Crippen MR) is 48.8 cm³/mol. The van der Waals surface area contributed by atoms with E-state index >= 15 is 0 Å². The molecule has 0 aliphatic heterocycles. The molecular weight excluding hydrogens is 225 g/mol. The third-order valence-electron chi connectivity index (χ3n) is 1.81. The summed E-state index contributed by atoms with van der Waals surface area (Å²) in [7, 11) is 1.04. The smallest absolute Gasteiger partial charge is 0.345 e. The zero-order chi connectivity index (χ0) is 12.3. The van der Waals surface area contributed by atoms with E-state index in [2.05, 4.69) is 9.47 Å². The monoisotopic (exact) mass is 234 g/mol. The predicted octanol–water partition coefficient (Wildman–Crippen LogP) is 2.29. The van der Waals surface area contributed by atoms with Gasteiger partial charge < -0.3 is 9.47 Å². The Morgan fingerprint density at radius 2 is 1.94 bits per heavy atom. The van der Waals surface area contributed by atoms with Gasteiger partial charge >= 0.3 is 5.97 Å². The average Bonchev–Trinajstić information content (AvgIpc) is 2.23. The van der Waals surface area contributed by atoms with E-state index in [-0.39, 0.29) is 6.61 Å². The molecule has 0 atom stereocenters. The van der Waals surface area contributed by atoms with E-state index < -0.39 is 34.7 Å². The number of hydrogen-bond acceptors (Lipinski definition) is 3. The van der Waals surface area contributed by atoms with Gasteiger partial charge in [-0.25, -0.2) is 18.0 Å². The molecule has 6 heteroatoms. The number of carbonyl (C=O) groups excluding carboxylic acids is 1.